The molecule has 0 spiro atoms. The van der Waals surface area contributed by atoms with E-state index in [0.29, 0.717) is 5.92 Å². The minimum absolute atomic E-state index is 0.0547. The second-order valence-electron chi connectivity index (χ2n) is 6.65. The van der Waals surface area contributed by atoms with E-state index in [1.807, 2.05) is 27.7 Å². The van der Waals surface area contributed by atoms with Crippen LogP contribution in [0.3, 0.4) is 0 Å². The van der Waals surface area contributed by atoms with Gasteiger partial charge in [-0.3, -0.25) is 4.79 Å². The third-order valence-corrected chi connectivity index (χ3v) is 3.96. The number of carboxylic acids is 1. The van der Waals surface area contributed by atoms with Crippen molar-refractivity contribution in [1.29, 1.82) is 0 Å². The van der Waals surface area contributed by atoms with Gasteiger partial charge in [-0.15, -0.1) is 0 Å². The van der Waals surface area contributed by atoms with Gasteiger partial charge in [-0.1, -0.05) is 20.8 Å². The van der Waals surface area contributed by atoms with Crippen LogP contribution in [0.1, 0.15) is 47.0 Å². The van der Waals surface area contributed by atoms with Gasteiger partial charge in [0, 0.05) is 19.1 Å². The molecule has 5 heteroatoms. The van der Waals surface area contributed by atoms with Crippen LogP contribution in [0, 0.1) is 11.3 Å². The van der Waals surface area contributed by atoms with Crippen LogP contribution in [0.4, 0.5) is 4.79 Å². The van der Waals surface area contributed by atoms with E-state index >= 15 is 0 Å². The highest BCUT2D eigenvalue weighted by atomic mass is 16.4. The predicted octanol–water partition coefficient (Wildman–Crippen LogP) is 2.32. The summed E-state index contributed by atoms with van der Waals surface area (Å²) in [6.45, 7) is 7.85. The number of amides is 2. The van der Waals surface area contributed by atoms with E-state index in [4.69, 9.17) is 5.11 Å². The second-order valence-corrected chi connectivity index (χ2v) is 6.65. The van der Waals surface area contributed by atoms with Crippen LogP contribution in [0.5, 0.6) is 0 Å². The molecule has 1 saturated carbocycles. The van der Waals surface area contributed by atoms with Gasteiger partial charge in [0.2, 0.25) is 0 Å². The molecule has 1 fully saturated rings. The topological polar surface area (TPSA) is 69.6 Å². The highest BCUT2D eigenvalue weighted by Crippen LogP contribution is 2.34. The molecule has 1 rings (SSSR count). The zero-order chi connectivity index (χ0) is 14.8. The van der Waals surface area contributed by atoms with E-state index in [1.165, 1.54) is 12.8 Å². The fourth-order valence-corrected chi connectivity index (χ4v) is 2.08. The molecule has 2 atom stereocenters. The number of hydrogen-bond donors (Lipinski definition) is 2. The third-order valence-electron chi connectivity index (χ3n) is 3.96. The summed E-state index contributed by atoms with van der Waals surface area (Å²) in [7, 11) is 1.78. The summed E-state index contributed by atoms with van der Waals surface area (Å²) in [6, 6.07) is -0.336. The quantitative estimate of drug-likeness (QED) is 0.805. The molecule has 5 nitrogen and oxygen atoms in total. The molecular formula is C14H26N2O3. The summed E-state index contributed by atoms with van der Waals surface area (Å²) in [4.78, 5) is 24.8. The van der Waals surface area contributed by atoms with Gasteiger partial charge in [-0.05, 0) is 31.1 Å². The van der Waals surface area contributed by atoms with Crippen molar-refractivity contribution in [3.05, 3.63) is 0 Å². The van der Waals surface area contributed by atoms with Crippen LogP contribution in [0.15, 0.2) is 0 Å². The Bertz CT molecular complexity index is 345. The van der Waals surface area contributed by atoms with Crippen LogP contribution in [-0.2, 0) is 4.79 Å². The predicted molar refractivity (Wildman–Crippen MR) is 74.0 cm³/mol. The van der Waals surface area contributed by atoms with Crippen molar-refractivity contribution < 1.29 is 14.7 Å². The molecule has 1 aliphatic carbocycles. The smallest absolute Gasteiger partial charge is 0.317 e. The van der Waals surface area contributed by atoms with Gasteiger partial charge in [0.15, 0.2) is 0 Å². The first-order valence-electron chi connectivity index (χ1n) is 6.88. The molecule has 0 aromatic rings. The summed E-state index contributed by atoms with van der Waals surface area (Å²) in [5.74, 6) is -0.290. The van der Waals surface area contributed by atoms with Crippen LogP contribution in [0.2, 0.25) is 0 Å². The van der Waals surface area contributed by atoms with Crippen molar-refractivity contribution in [1.82, 2.24) is 10.2 Å². The zero-order valence-corrected chi connectivity index (χ0v) is 12.6. The Morgan fingerprint density at radius 2 is 1.89 bits per heavy atom. The first kappa shape index (κ1) is 15.8. The van der Waals surface area contributed by atoms with Crippen molar-refractivity contribution in [3.8, 4) is 0 Å². The fourth-order valence-electron chi connectivity index (χ4n) is 2.08. The first-order chi connectivity index (χ1) is 8.62. The Morgan fingerprint density at radius 1 is 1.37 bits per heavy atom. The average Bonchev–Trinajstić information content (AvgIpc) is 3.07. The number of rotatable bonds is 5. The van der Waals surface area contributed by atoms with Crippen LogP contribution in [-0.4, -0.2) is 41.1 Å². The molecule has 2 unspecified atom stereocenters. The number of carboxylic acid groups (broad SMARTS) is 1. The Hall–Kier alpha value is -1.26. The highest BCUT2D eigenvalue weighted by Gasteiger charge is 2.34. The molecule has 110 valence electrons. The van der Waals surface area contributed by atoms with E-state index in [-0.39, 0.29) is 30.0 Å². The van der Waals surface area contributed by atoms with Crippen LogP contribution in [0.25, 0.3) is 0 Å². The SMILES string of the molecule is CC(C1CC1)N(C)C(=O)NC(CC(=O)O)C(C)(C)C. The van der Waals surface area contributed by atoms with Gasteiger partial charge < -0.3 is 15.3 Å². The molecule has 19 heavy (non-hydrogen) atoms. The number of hydrogen-bond acceptors (Lipinski definition) is 2. The van der Waals surface area contributed by atoms with Crippen molar-refractivity contribution >= 4 is 12.0 Å². The standard InChI is InChI=1S/C14H26N2O3/c1-9(10-6-7-10)16(5)13(19)15-11(8-12(17)18)14(2,3)4/h9-11H,6-8H2,1-5H3,(H,15,19)(H,17,18). The van der Waals surface area contributed by atoms with Gasteiger partial charge in [-0.2, -0.15) is 0 Å². The summed E-state index contributed by atoms with van der Waals surface area (Å²) in [5.41, 5.74) is -0.280. The molecule has 1 aliphatic rings. The van der Waals surface area contributed by atoms with E-state index < -0.39 is 5.97 Å². The number of carbonyl (C=O) groups excluding carboxylic acids is 1. The molecule has 0 aromatic carbocycles. The first-order valence-corrected chi connectivity index (χ1v) is 6.88. The average molecular weight is 270 g/mol. The lowest BCUT2D eigenvalue weighted by Gasteiger charge is -2.33. The maximum absolute atomic E-state index is 12.2. The van der Waals surface area contributed by atoms with Gasteiger partial charge in [0.1, 0.15) is 0 Å². The Kier molecular flexibility index (Phi) is 4.82. The highest BCUT2D eigenvalue weighted by molar-refractivity contribution is 5.76. The zero-order valence-electron chi connectivity index (χ0n) is 12.6. The largest absolute Gasteiger partial charge is 0.481 e. The van der Waals surface area contributed by atoms with E-state index in [1.54, 1.807) is 11.9 Å². The number of aliphatic carboxylic acids is 1. The summed E-state index contributed by atoms with van der Waals surface area (Å²) >= 11 is 0. The molecule has 0 saturated heterocycles. The molecule has 0 radical (unpaired) electrons. The minimum Gasteiger partial charge on any atom is -0.481 e. The maximum Gasteiger partial charge on any atom is 0.317 e. The summed E-state index contributed by atoms with van der Waals surface area (Å²) < 4.78 is 0. The molecule has 2 amide bonds. The lowest BCUT2D eigenvalue weighted by Crippen LogP contribution is -2.51. The summed E-state index contributed by atoms with van der Waals surface area (Å²) in [5, 5.41) is 11.8. The van der Waals surface area contributed by atoms with Crippen molar-refractivity contribution in [2.45, 2.75) is 59.0 Å². The lowest BCUT2D eigenvalue weighted by molar-refractivity contribution is -0.138. The second kappa shape index (κ2) is 5.80. The Labute approximate surface area is 115 Å². The molecular weight excluding hydrogens is 244 g/mol. The molecule has 0 aromatic heterocycles. The molecule has 0 heterocycles. The number of nitrogens with one attached hydrogen (secondary N) is 1. The lowest BCUT2D eigenvalue weighted by atomic mass is 9.85. The molecule has 0 aliphatic heterocycles. The third kappa shape index (κ3) is 4.73. The van der Waals surface area contributed by atoms with Crippen molar-refractivity contribution in [3.63, 3.8) is 0 Å². The number of nitrogens with zero attached hydrogens (tertiary/aromatic N) is 1. The van der Waals surface area contributed by atoms with Crippen LogP contribution < -0.4 is 5.32 Å². The van der Waals surface area contributed by atoms with Gasteiger partial charge >= 0.3 is 12.0 Å². The van der Waals surface area contributed by atoms with Crippen molar-refractivity contribution in [2.75, 3.05) is 7.05 Å². The number of carbonyl (C=O) groups is 2. The Balaban J connectivity index is 2.61. The minimum atomic E-state index is -0.891. The summed E-state index contributed by atoms with van der Waals surface area (Å²) in [6.07, 6.45) is 2.30. The maximum atomic E-state index is 12.2. The normalized spacial score (nSPS) is 18.6. The Morgan fingerprint density at radius 3 is 2.26 bits per heavy atom. The van der Waals surface area contributed by atoms with Gasteiger partial charge in [0.25, 0.3) is 0 Å². The van der Waals surface area contributed by atoms with E-state index in [0.717, 1.165) is 0 Å². The van der Waals surface area contributed by atoms with Crippen LogP contribution >= 0.6 is 0 Å². The molecule has 0 bridgehead atoms. The fraction of sp³-hybridized carbons (Fsp3) is 0.857. The van der Waals surface area contributed by atoms with E-state index in [2.05, 4.69) is 5.32 Å². The van der Waals surface area contributed by atoms with Gasteiger partial charge in [-0.25, -0.2) is 4.79 Å². The van der Waals surface area contributed by atoms with E-state index in [9.17, 15) is 9.59 Å². The van der Waals surface area contributed by atoms with Crippen molar-refractivity contribution in [2.24, 2.45) is 11.3 Å². The molecule has 2 N–H and O–H groups in total. The number of urea groups is 1. The monoisotopic (exact) mass is 270 g/mol. The van der Waals surface area contributed by atoms with Gasteiger partial charge in [0.05, 0.1) is 6.42 Å².